The topological polar surface area (TPSA) is 44.5 Å². The Balaban J connectivity index is 2.11. The minimum Gasteiger partial charge on any atom is -0.391 e. The zero-order chi connectivity index (χ0) is 8.97. The number of rotatable bonds is 4. The number of hydrogen-bond donors (Lipinski definition) is 1. The Morgan fingerprint density at radius 3 is 3.08 bits per heavy atom. The van der Waals surface area contributed by atoms with Gasteiger partial charge in [0.1, 0.15) is 11.1 Å². The molecule has 0 aliphatic carbocycles. The maximum atomic E-state index is 5.40. The fraction of sp³-hybridized carbons (Fsp3) is 0.875. The standard InChI is InChI=1S/C8H15NO2S/c1-6(8(9)12)11-5-7-3-2-4-10-7/h6-7H,2-5H2,1H3,(H2,9,12). The molecule has 1 aliphatic rings. The van der Waals surface area contributed by atoms with E-state index in [1.807, 2.05) is 6.92 Å². The van der Waals surface area contributed by atoms with Crippen LogP contribution < -0.4 is 5.73 Å². The van der Waals surface area contributed by atoms with Crippen LogP contribution in [-0.2, 0) is 9.47 Å². The fourth-order valence-electron chi connectivity index (χ4n) is 1.11. The number of hydrogen-bond acceptors (Lipinski definition) is 3. The zero-order valence-corrected chi connectivity index (χ0v) is 8.10. The molecule has 3 nitrogen and oxygen atoms in total. The van der Waals surface area contributed by atoms with Crippen LogP contribution in [0.25, 0.3) is 0 Å². The summed E-state index contributed by atoms with van der Waals surface area (Å²) in [6.07, 6.45) is 2.34. The molecule has 4 heteroatoms. The third-order valence-corrected chi connectivity index (χ3v) is 2.29. The van der Waals surface area contributed by atoms with Crippen molar-refractivity contribution in [3.05, 3.63) is 0 Å². The van der Waals surface area contributed by atoms with E-state index in [2.05, 4.69) is 0 Å². The van der Waals surface area contributed by atoms with E-state index in [0.717, 1.165) is 19.4 Å². The normalized spacial score (nSPS) is 25.6. The van der Waals surface area contributed by atoms with Gasteiger partial charge in [-0.1, -0.05) is 12.2 Å². The Bertz CT molecular complexity index is 157. The maximum absolute atomic E-state index is 5.40. The molecule has 0 aromatic carbocycles. The lowest BCUT2D eigenvalue weighted by Crippen LogP contribution is -2.29. The van der Waals surface area contributed by atoms with Gasteiger partial charge in [-0.2, -0.15) is 0 Å². The van der Waals surface area contributed by atoms with Crippen LogP contribution in [0.5, 0.6) is 0 Å². The van der Waals surface area contributed by atoms with Crippen molar-refractivity contribution in [1.82, 2.24) is 0 Å². The summed E-state index contributed by atoms with van der Waals surface area (Å²) >= 11 is 4.77. The van der Waals surface area contributed by atoms with E-state index in [1.54, 1.807) is 0 Å². The Hall–Kier alpha value is -0.190. The molecule has 1 aliphatic heterocycles. The van der Waals surface area contributed by atoms with Gasteiger partial charge in [-0.05, 0) is 19.8 Å². The average molecular weight is 189 g/mol. The minimum atomic E-state index is -0.135. The van der Waals surface area contributed by atoms with E-state index in [1.165, 1.54) is 0 Å². The van der Waals surface area contributed by atoms with Crippen LogP contribution in [0.15, 0.2) is 0 Å². The van der Waals surface area contributed by atoms with Gasteiger partial charge < -0.3 is 15.2 Å². The maximum Gasteiger partial charge on any atom is 0.105 e. The van der Waals surface area contributed by atoms with Gasteiger partial charge in [0.2, 0.25) is 0 Å². The number of thiocarbonyl (C=S) groups is 1. The van der Waals surface area contributed by atoms with E-state index in [-0.39, 0.29) is 12.2 Å². The summed E-state index contributed by atoms with van der Waals surface area (Å²) < 4.78 is 10.8. The van der Waals surface area contributed by atoms with Crippen LogP contribution >= 0.6 is 12.2 Å². The van der Waals surface area contributed by atoms with Gasteiger partial charge in [0.05, 0.1) is 12.7 Å². The molecule has 0 saturated carbocycles. The Morgan fingerprint density at radius 2 is 2.58 bits per heavy atom. The first-order valence-corrected chi connectivity index (χ1v) is 4.63. The predicted octanol–water partition coefficient (Wildman–Crippen LogP) is 0.857. The molecule has 1 heterocycles. The summed E-state index contributed by atoms with van der Waals surface area (Å²) in [7, 11) is 0. The number of ether oxygens (including phenoxy) is 2. The molecule has 70 valence electrons. The number of nitrogens with two attached hydrogens (primary N) is 1. The lowest BCUT2D eigenvalue weighted by atomic mass is 10.2. The molecule has 12 heavy (non-hydrogen) atoms. The first-order chi connectivity index (χ1) is 5.70. The third kappa shape index (κ3) is 3.05. The van der Waals surface area contributed by atoms with Crippen molar-refractivity contribution in [3.8, 4) is 0 Å². The highest BCUT2D eigenvalue weighted by Gasteiger charge is 2.17. The highest BCUT2D eigenvalue weighted by molar-refractivity contribution is 7.80. The van der Waals surface area contributed by atoms with Crippen LogP contribution in [0.1, 0.15) is 19.8 Å². The van der Waals surface area contributed by atoms with Crippen LogP contribution in [0.4, 0.5) is 0 Å². The molecular weight excluding hydrogens is 174 g/mol. The van der Waals surface area contributed by atoms with E-state index >= 15 is 0 Å². The van der Waals surface area contributed by atoms with Crippen LogP contribution in [0.2, 0.25) is 0 Å². The monoisotopic (exact) mass is 189 g/mol. The van der Waals surface area contributed by atoms with Crippen molar-refractivity contribution in [2.75, 3.05) is 13.2 Å². The van der Waals surface area contributed by atoms with Gasteiger partial charge in [-0.25, -0.2) is 0 Å². The second kappa shape index (κ2) is 4.74. The first-order valence-electron chi connectivity index (χ1n) is 4.22. The van der Waals surface area contributed by atoms with Crippen LogP contribution in [0.3, 0.4) is 0 Å². The van der Waals surface area contributed by atoms with Crippen molar-refractivity contribution in [2.45, 2.75) is 32.0 Å². The van der Waals surface area contributed by atoms with E-state index in [4.69, 9.17) is 27.4 Å². The molecule has 1 rings (SSSR count). The summed E-state index contributed by atoms with van der Waals surface area (Å²) in [5.74, 6) is 0. The van der Waals surface area contributed by atoms with Gasteiger partial charge in [-0.15, -0.1) is 0 Å². The van der Waals surface area contributed by atoms with Gasteiger partial charge in [-0.3, -0.25) is 0 Å². The molecule has 1 fully saturated rings. The highest BCUT2D eigenvalue weighted by Crippen LogP contribution is 2.12. The van der Waals surface area contributed by atoms with Crippen molar-refractivity contribution >= 4 is 17.2 Å². The molecule has 1 saturated heterocycles. The molecule has 0 aromatic heterocycles. The molecular formula is C8H15NO2S. The van der Waals surface area contributed by atoms with Gasteiger partial charge in [0.25, 0.3) is 0 Å². The predicted molar refractivity (Wildman–Crippen MR) is 51.2 cm³/mol. The Kier molecular flexibility index (Phi) is 3.91. The second-order valence-corrected chi connectivity index (χ2v) is 3.48. The fourth-order valence-corrected chi connectivity index (χ4v) is 1.18. The molecule has 0 spiro atoms. The summed E-state index contributed by atoms with van der Waals surface area (Å²) in [4.78, 5) is 0.410. The quantitative estimate of drug-likeness (QED) is 0.666. The summed E-state index contributed by atoms with van der Waals surface area (Å²) in [5.41, 5.74) is 5.39. The molecule has 0 radical (unpaired) electrons. The lowest BCUT2D eigenvalue weighted by Gasteiger charge is -2.14. The van der Waals surface area contributed by atoms with Gasteiger partial charge in [0.15, 0.2) is 0 Å². The van der Waals surface area contributed by atoms with E-state index in [0.29, 0.717) is 11.6 Å². The molecule has 2 atom stereocenters. The Morgan fingerprint density at radius 1 is 1.83 bits per heavy atom. The van der Waals surface area contributed by atoms with Crippen molar-refractivity contribution in [1.29, 1.82) is 0 Å². The smallest absolute Gasteiger partial charge is 0.105 e. The molecule has 2 unspecified atom stereocenters. The van der Waals surface area contributed by atoms with Crippen LogP contribution in [0, 0.1) is 0 Å². The van der Waals surface area contributed by atoms with Crippen molar-refractivity contribution < 1.29 is 9.47 Å². The van der Waals surface area contributed by atoms with Gasteiger partial charge in [0, 0.05) is 6.61 Å². The molecule has 0 bridgehead atoms. The van der Waals surface area contributed by atoms with Crippen LogP contribution in [-0.4, -0.2) is 30.4 Å². The van der Waals surface area contributed by atoms with Crippen molar-refractivity contribution in [3.63, 3.8) is 0 Å². The Labute approximate surface area is 78.2 Å². The lowest BCUT2D eigenvalue weighted by molar-refractivity contribution is 0.00677. The molecule has 0 amide bonds. The first kappa shape index (κ1) is 9.89. The van der Waals surface area contributed by atoms with Crippen molar-refractivity contribution in [2.24, 2.45) is 5.73 Å². The summed E-state index contributed by atoms with van der Waals surface area (Å²) in [6.45, 7) is 3.32. The van der Waals surface area contributed by atoms with E-state index < -0.39 is 0 Å². The van der Waals surface area contributed by atoms with Gasteiger partial charge >= 0.3 is 0 Å². The SMILES string of the molecule is CC(OCC1CCCO1)C(N)=S. The minimum absolute atomic E-state index is 0.135. The average Bonchev–Trinajstić information content (AvgIpc) is 2.51. The summed E-state index contributed by atoms with van der Waals surface area (Å²) in [5, 5.41) is 0. The summed E-state index contributed by atoms with van der Waals surface area (Å²) in [6, 6.07) is 0. The third-order valence-electron chi connectivity index (χ3n) is 1.96. The highest BCUT2D eigenvalue weighted by atomic mass is 32.1. The zero-order valence-electron chi connectivity index (χ0n) is 7.29. The largest absolute Gasteiger partial charge is 0.391 e. The second-order valence-electron chi connectivity index (χ2n) is 3.01. The molecule has 2 N–H and O–H groups in total. The molecule has 0 aromatic rings. The van der Waals surface area contributed by atoms with E-state index in [9.17, 15) is 0 Å².